The molecule has 2 rings (SSSR count). The van der Waals surface area contributed by atoms with E-state index in [9.17, 15) is 4.79 Å². The molecular formula is C21H41ClN2O3. The van der Waals surface area contributed by atoms with E-state index in [1.807, 2.05) is 0 Å². The highest BCUT2D eigenvalue weighted by Gasteiger charge is 2.28. The van der Waals surface area contributed by atoms with Crippen molar-refractivity contribution in [3.05, 3.63) is 0 Å². The molecule has 2 fully saturated rings. The number of likely N-dealkylation sites (tertiary alicyclic amines) is 2. The molecule has 2 aliphatic rings. The van der Waals surface area contributed by atoms with Gasteiger partial charge in [-0.05, 0) is 52.4 Å². The van der Waals surface area contributed by atoms with Crippen molar-refractivity contribution >= 4 is 18.6 Å². The predicted octanol–water partition coefficient (Wildman–Crippen LogP) is 4.87. The van der Waals surface area contributed by atoms with Gasteiger partial charge in [0.1, 0.15) is 12.2 Å². The van der Waals surface area contributed by atoms with Gasteiger partial charge in [0.05, 0.1) is 0 Å². The van der Waals surface area contributed by atoms with E-state index in [-0.39, 0.29) is 24.6 Å². The van der Waals surface area contributed by atoms with Gasteiger partial charge in [0.25, 0.3) is 0 Å². The van der Waals surface area contributed by atoms with Crippen LogP contribution in [0.5, 0.6) is 0 Å². The van der Waals surface area contributed by atoms with Gasteiger partial charge in [-0.25, -0.2) is 4.79 Å². The molecule has 0 bridgehead atoms. The first kappa shape index (κ1) is 24.5. The second-order valence-electron chi connectivity index (χ2n) is 8.23. The Kier molecular flexibility index (Phi) is 11.7. The molecule has 2 heterocycles. The third-order valence-corrected chi connectivity index (χ3v) is 6.14. The van der Waals surface area contributed by atoms with Gasteiger partial charge in [-0.15, -0.1) is 12.4 Å². The smallest absolute Gasteiger partial charge is 0.431 e. The van der Waals surface area contributed by atoms with Gasteiger partial charge in [-0.2, -0.15) is 0 Å². The lowest BCUT2D eigenvalue weighted by Crippen LogP contribution is -2.44. The lowest BCUT2D eigenvalue weighted by molar-refractivity contribution is -0.0370. The molecule has 0 aromatic heterocycles. The Morgan fingerprint density at radius 1 is 0.815 bits per heavy atom. The maximum atomic E-state index is 12.1. The lowest BCUT2D eigenvalue weighted by Gasteiger charge is -2.37. The molecule has 0 spiro atoms. The molecule has 0 saturated carbocycles. The largest absolute Gasteiger partial charge is 0.508 e. The fraction of sp³-hybridized carbons (Fsp3) is 0.952. The summed E-state index contributed by atoms with van der Waals surface area (Å²) in [5.41, 5.74) is 0. The van der Waals surface area contributed by atoms with E-state index in [4.69, 9.17) is 9.47 Å². The molecule has 2 aliphatic heterocycles. The minimum Gasteiger partial charge on any atom is -0.431 e. The Hall–Kier alpha value is -0.520. The summed E-state index contributed by atoms with van der Waals surface area (Å²) in [5.74, 6) is 0. The highest BCUT2D eigenvalue weighted by atomic mass is 35.5. The Morgan fingerprint density at radius 2 is 1.15 bits per heavy atom. The molecule has 6 heteroatoms. The van der Waals surface area contributed by atoms with Crippen molar-refractivity contribution in [3.8, 4) is 0 Å². The summed E-state index contributed by atoms with van der Waals surface area (Å²) >= 11 is 0. The number of carbonyl (C=O) groups excluding carboxylic acids is 1. The average molecular weight is 405 g/mol. The van der Waals surface area contributed by atoms with Crippen LogP contribution in [0.25, 0.3) is 0 Å². The monoisotopic (exact) mass is 404 g/mol. The van der Waals surface area contributed by atoms with Gasteiger partial charge in [-0.1, -0.05) is 26.7 Å². The van der Waals surface area contributed by atoms with Crippen molar-refractivity contribution in [3.63, 3.8) is 0 Å². The minimum atomic E-state index is -0.454. The Labute approximate surface area is 172 Å². The number of hydrogen-bond donors (Lipinski definition) is 0. The van der Waals surface area contributed by atoms with Crippen LogP contribution in [0.2, 0.25) is 0 Å². The average Bonchev–Trinajstić information content (AvgIpc) is 2.63. The molecule has 0 N–H and O–H groups in total. The first-order valence-electron chi connectivity index (χ1n) is 10.9. The van der Waals surface area contributed by atoms with Crippen LogP contribution in [0, 0.1) is 0 Å². The van der Waals surface area contributed by atoms with Crippen molar-refractivity contribution in [2.75, 3.05) is 26.2 Å². The molecule has 27 heavy (non-hydrogen) atoms. The second kappa shape index (κ2) is 12.8. The van der Waals surface area contributed by atoms with Crippen LogP contribution in [0.1, 0.15) is 79.1 Å². The zero-order valence-electron chi connectivity index (χ0n) is 17.8. The molecule has 0 aromatic rings. The van der Waals surface area contributed by atoms with Crippen LogP contribution in [-0.2, 0) is 9.47 Å². The van der Waals surface area contributed by atoms with E-state index < -0.39 is 6.16 Å². The highest BCUT2D eigenvalue weighted by Crippen LogP contribution is 2.21. The molecule has 0 radical (unpaired) electrons. The van der Waals surface area contributed by atoms with Crippen LogP contribution in [-0.4, -0.2) is 66.4 Å². The highest BCUT2D eigenvalue weighted by molar-refractivity contribution is 5.85. The summed E-state index contributed by atoms with van der Waals surface area (Å²) in [6.45, 7) is 13.1. The van der Waals surface area contributed by atoms with E-state index in [0.717, 1.165) is 51.9 Å². The Bertz CT molecular complexity index is 372. The maximum Gasteiger partial charge on any atom is 0.508 e. The summed E-state index contributed by atoms with van der Waals surface area (Å²) in [4.78, 5) is 17.2. The van der Waals surface area contributed by atoms with E-state index in [2.05, 4.69) is 37.5 Å². The van der Waals surface area contributed by atoms with E-state index in [1.54, 1.807) is 0 Å². The number of halogens is 1. The topological polar surface area (TPSA) is 42.0 Å². The van der Waals surface area contributed by atoms with Crippen LogP contribution in [0.4, 0.5) is 4.79 Å². The Morgan fingerprint density at radius 3 is 1.44 bits per heavy atom. The number of nitrogens with zero attached hydrogens (tertiary/aromatic N) is 2. The molecular weight excluding hydrogens is 364 g/mol. The number of hydrogen-bond acceptors (Lipinski definition) is 5. The minimum absolute atomic E-state index is 0. The fourth-order valence-electron chi connectivity index (χ4n) is 4.37. The Balaban J connectivity index is 0.00000364. The van der Waals surface area contributed by atoms with Gasteiger partial charge in [0.2, 0.25) is 0 Å². The summed E-state index contributed by atoms with van der Waals surface area (Å²) in [6.07, 6.45) is 8.23. The number of rotatable bonds is 8. The molecule has 2 saturated heterocycles. The third-order valence-electron chi connectivity index (χ3n) is 6.14. The van der Waals surface area contributed by atoms with Gasteiger partial charge >= 0.3 is 6.16 Å². The quantitative estimate of drug-likeness (QED) is 0.540. The van der Waals surface area contributed by atoms with E-state index in [0.29, 0.717) is 12.1 Å². The first-order valence-corrected chi connectivity index (χ1v) is 10.9. The van der Waals surface area contributed by atoms with Crippen molar-refractivity contribution < 1.29 is 14.3 Å². The van der Waals surface area contributed by atoms with Gasteiger partial charge in [0, 0.05) is 38.3 Å². The molecule has 2 atom stereocenters. The summed E-state index contributed by atoms with van der Waals surface area (Å²) < 4.78 is 11.2. The normalized spacial score (nSPS) is 22.7. The van der Waals surface area contributed by atoms with Crippen LogP contribution in [0.15, 0.2) is 0 Å². The molecule has 0 aromatic carbocycles. The first-order chi connectivity index (χ1) is 12.5. The van der Waals surface area contributed by atoms with Crippen LogP contribution >= 0.6 is 12.4 Å². The number of carbonyl (C=O) groups is 1. The van der Waals surface area contributed by atoms with E-state index in [1.165, 1.54) is 25.7 Å². The zero-order valence-corrected chi connectivity index (χ0v) is 18.6. The standard InChI is InChI=1S/C21H40N2O3.ClH/c1-5-7-17(3)22-13-9-19(10-14-22)25-21(24)26-20-11-15-23(16-12-20)18(4)8-6-2;/h17-20H,5-16H2,1-4H3;1H. The van der Waals surface area contributed by atoms with Gasteiger partial charge in [-0.3, -0.25) is 0 Å². The third kappa shape index (κ3) is 8.16. The summed E-state index contributed by atoms with van der Waals surface area (Å²) in [7, 11) is 0. The molecule has 160 valence electrons. The number of piperidine rings is 2. The molecule has 0 aliphatic carbocycles. The van der Waals surface area contributed by atoms with Crippen molar-refractivity contribution in [1.29, 1.82) is 0 Å². The van der Waals surface area contributed by atoms with Crippen molar-refractivity contribution in [2.24, 2.45) is 0 Å². The van der Waals surface area contributed by atoms with E-state index >= 15 is 0 Å². The van der Waals surface area contributed by atoms with Gasteiger partial charge < -0.3 is 19.3 Å². The zero-order chi connectivity index (χ0) is 18.9. The van der Waals surface area contributed by atoms with Crippen molar-refractivity contribution in [2.45, 2.75) is 103 Å². The van der Waals surface area contributed by atoms with Gasteiger partial charge in [0.15, 0.2) is 0 Å². The fourth-order valence-corrected chi connectivity index (χ4v) is 4.37. The maximum absolute atomic E-state index is 12.1. The molecule has 5 nitrogen and oxygen atoms in total. The second-order valence-corrected chi connectivity index (χ2v) is 8.23. The number of ether oxygens (including phenoxy) is 2. The lowest BCUT2D eigenvalue weighted by atomic mass is 10.0. The summed E-state index contributed by atoms with van der Waals surface area (Å²) in [6, 6.07) is 1.27. The molecule has 2 unspecified atom stereocenters. The molecule has 0 amide bonds. The van der Waals surface area contributed by atoms with Crippen molar-refractivity contribution in [1.82, 2.24) is 9.80 Å². The van der Waals surface area contributed by atoms with Crippen LogP contribution in [0.3, 0.4) is 0 Å². The SMILES string of the molecule is CCCC(C)N1CCC(OC(=O)OC2CCN(C(C)CCC)CC2)CC1.Cl. The summed E-state index contributed by atoms with van der Waals surface area (Å²) in [5, 5.41) is 0. The predicted molar refractivity (Wildman–Crippen MR) is 113 cm³/mol. The van der Waals surface area contributed by atoms with Crippen LogP contribution < -0.4 is 0 Å².